The molecule has 0 aliphatic carbocycles. The number of amides is 1. The standard InChI is InChI=1S/C17H30N4O2/c1-14(2)23-11-5-8-19-13-15(12-18)17(22)21(4)16-6-9-20(3)10-7-16/h13-14,16,19H,5-11H2,1-4H3/b15-13-. The Labute approximate surface area is 140 Å². The van der Waals surface area contributed by atoms with Gasteiger partial charge in [0.2, 0.25) is 0 Å². The molecule has 1 fully saturated rings. The summed E-state index contributed by atoms with van der Waals surface area (Å²) in [5, 5.41) is 12.3. The number of piperidine rings is 1. The lowest BCUT2D eigenvalue weighted by molar-refractivity contribution is -0.128. The van der Waals surface area contributed by atoms with E-state index in [4.69, 9.17) is 4.74 Å². The van der Waals surface area contributed by atoms with Crippen molar-refractivity contribution in [1.29, 1.82) is 5.26 Å². The summed E-state index contributed by atoms with van der Waals surface area (Å²) in [7, 11) is 3.88. The van der Waals surface area contributed by atoms with Gasteiger partial charge >= 0.3 is 0 Å². The minimum atomic E-state index is -0.201. The summed E-state index contributed by atoms with van der Waals surface area (Å²) in [5.41, 5.74) is 0.163. The Hall–Kier alpha value is -1.58. The molecular weight excluding hydrogens is 292 g/mol. The monoisotopic (exact) mass is 322 g/mol. The topological polar surface area (TPSA) is 68.6 Å². The first kappa shape index (κ1) is 19.5. The zero-order chi connectivity index (χ0) is 17.2. The summed E-state index contributed by atoms with van der Waals surface area (Å²) in [6, 6.07) is 2.22. The molecule has 23 heavy (non-hydrogen) atoms. The number of likely N-dealkylation sites (N-methyl/N-ethyl adjacent to an activating group) is 1. The third kappa shape index (κ3) is 7.02. The van der Waals surface area contributed by atoms with Gasteiger partial charge in [0.05, 0.1) is 6.10 Å². The molecule has 0 aromatic carbocycles. The van der Waals surface area contributed by atoms with Crippen molar-refractivity contribution in [1.82, 2.24) is 15.1 Å². The average Bonchev–Trinajstić information content (AvgIpc) is 2.53. The van der Waals surface area contributed by atoms with Crippen molar-refractivity contribution in [2.75, 3.05) is 40.3 Å². The molecule has 0 aromatic rings. The smallest absolute Gasteiger partial charge is 0.265 e. The number of nitrogens with zero attached hydrogens (tertiary/aromatic N) is 3. The number of rotatable bonds is 8. The van der Waals surface area contributed by atoms with E-state index in [1.54, 1.807) is 11.9 Å². The number of hydrogen-bond acceptors (Lipinski definition) is 5. The molecule has 1 aliphatic rings. The first-order chi connectivity index (χ1) is 11.0. The zero-order valence-electron chi connectivity index (χ0n) is 14.8. The van der Waals surface area contributed by atoms with Gasteiger partial charge in [0.25, 0.3) is 5.91 Å². The van der Waals surface area contributed by atoms with E-state index in [9.17, 15) is 10.1 Å². The second-order valence-electron chi connectivity index (χ2n) is 6.35. The molecular formula is C17H30N4O2. The van der Waals surface area contributed by atoms with E-state index in [0.717, 1.165) is 32.4 Å². The number of hydrogen-bond donors (Lipinski definition) is 1. The van der Waals surface area contributed by atoms with Gasteiger partial charge in [-0.15, -0.1) is 0 Å². The van der Waals surface area contributed by atoms with Gasteiger partial charge in [-0.25, -0.2) is 0 Å². The van der Waals surface area contributed by atoms with Crippen LogP contribution >= 0.6 is 0 Å². The van der Waals surface area contributed by atoms with Crippen LogP contribution in [0, 0.1) is 11.3 Å². The molecule has 0 bridgehead atoms. The van der Waals surface area contributed by atoms with Crippen molar-refractivity contribution in [3.05, 3.63) is 11.8 Å². The van der Waals surface area contributed by atoms with Crippen LogP contribution in [0.3, 0.4) is 0 Å². The third-order valence-corrected chi connectivity index (χ3v) is 4.07. The van der Waals surface area contributed by atoms with E-state index >= 15 is 0 Å². The Kier molecular flexibility index (Phi) is 8.67. The number of nitriles is 1. The van der Waals surface area contributed by atoms with Crippen LogP contribution in [-0.4, -0.2) is 68.2 Å². The predicted octanol–water partition coefficient (Wildman–Crippen LogP) is 1.35. The molecule has 1 heterocycles. The van der Waals surface area contributed by atoms with Crippen LogP contribution in [0.5, 0.6) is 0 Å². The second-order valence-corrected chi connectivity index (χ2v) is 6.35. The molecule has 6 nitrogen and oxygen atoms in total. The quantitative estimate of drug-likeness (QED) is 0.415. The van der Waals surface area contributed by atoms with Crippen molar-refractivity contribution in [3.8, 4) is 6.07 Å². The maximum Gasteiger partial charge on any atom is 0.265 e. The normalized spacial score (nSPS) is 17.1. The van der Waals surface area contributed by atoms with Gasteiger partial charge < -0.3 is 19.9 Å². The molecule has 1 aliphatic heterocycles. The van der Waals surface area contributed by atoms with Gasteiger partial charge in [-0.3, -0.25) is 4.79 Å². The van der Waals surface area contributed by atoms with Crippen LogP contribution in [-0.2, 0) is 9.53 Å². The molecule has 6 heteroatoms. The zero-order valence-corrected chi connectivity index (χ0v) is 14.8. The largest absolute Gasteiger partial charge is 0.390 e. The molecule has 1 rings (SSSR count). The maximum atomic E-state index is 12.4. The van der Waals surface area contributed by atoms with Crippen LogP contribution < -0.4 is 5.32 Å². The lowest BCUT2D eigenvalue weighted by Gasteiger charge is -2.34. The van der Waals surface area contributed by atoms with Crippen molar-refractivity contribution < 1.29 is 9.53 Å². The van der Waals surface area contributed by atoms with Gasteiger partial charge in [-0.2, -0.15) is 5.26 Å². The predicted molar refractivity (Wildman–Crippen MR) is 90.7 cm³/mol. The van der Waals surface area contributed by atoms with Crippen LogP contribution in [0.15, 0.2) is 11.8 Å². The molecule has 1 amide bonds. The molecule has 1 saturated heterocycles. The van der Waals surface area contributed by atoms with Crippen molar-refractivity contribution in [3.63, 3.8) is 0 Å². The summed E-state index contributed by atoms with van der Waals surface area (Å²) >= 11 is 0. The molecule has 130 valence electrons. The number of carbonyl (C=O) groups is 1. The molecule has 0 aromatic heterocycles. The van der Waals surface area contributed by atoms with Crippen LogP contribution in [0.25, 0.3) is 0 Å². The Bertz CT molecular complexity index is 434. The third-order valence-electron chi connectivity index (χ3n) is 4.07. The highest BCUT2D eigenvalue weighted by atomic mass is 16.5. The van der Waals surface area contributed by atoms with Crippen molar-refractivity contribution in [2.24, 2.45) is 0 Å². The number of carbonyl (C=O) groups excluding carboxylic acids is 1. The lowest BCUT2D eigenvalue weighted by atomic mass is 10.0. The Balaban J connectivity index is 2.41. The maximum absolute atomic E-state index is 12.4. The van der Waals surface area contributed by atoms with Gasteiger partial charge in [0.15, 0.2) is 0 Å². The fourth-order valence-electron chi connectivity index (χ4n) is 2.55. The Morgan fingerprint density at radius 2 is 2.13 bits per heavy atom. The molecule has 0 unspecified atom stereocenters. The van der Waals surface area contributed by atoms with E-state index in [-0.39, 0.29) is 23.6 Å². The number of ether oxygens (including phenoxy) is 1. The molecule has 0 spiro atoms. The molecule has 0 saturated carbocycles. The first-order valence-corrected chi connectivity index (χ1v) is 8.36. The van der Waals surface area contributed by atoms with Gasteiger partial charge in [0, 0.05) is 32.4 Å². The average molecular weight is 322 g/mol. The Morgan fingerprint density at radius 1 is 1.48 bits per heavy atom. The van der Waals surface area contributed by atoms with E-state index in [2.05, 4.69) is 17.3 Å². The SMILES string of the molecule is CC(C)OCCCN/C=C(/C#N)C(=O)N(C)C1CCN(C)CC1. The number of likely N-dealkylation sites (tertiary alicyclic amines) is 1. The highest BCUT2D eigenvalue weighted by molar-refractivity contribution is 5.97. The van der Waals surface area contributed by atoms with Gasteiger partial charge in [-0.05, 0) is 53.2 Å². The lowest BCUT2D eigenvalue weighted by Crippen LogP contribution is -2.45. The fourth-order valence-corrected chi connectivity index (χ4v) is 2.55. The van der Waals surface area contributed by atoms with Crippen LogP contribution in [0.1, 0.15) is 33.1 Å². The van der Waals surface area contributed by atoms with Gasteiger partial charge in [-0.1, -0.05) is 0 Å². The fraction of sp³-hybridized carbons (Fsp3) is 0.765. The minimum absolute atomic E-state index is 0.163. The van der Waals surface area contributed by atoms with Crippen LogP contribution in [0.2, 0.25) is 0 Å². The minimum Gasteiger partial charge on any atom is -0.390 e. The summed E-state index contributed by atoms with van der Waals surface area (Å²) < 4.78 is 5.44. The van der Waals surface area contributed by atoms with E-state index in [1.165, 1.54) is 6.20 Å². The second kappa shape index (κ2) is 10.2. The summed E-state index contributed by atoms with van der Waals surface area (Å²) in [6.45, 7) is 7.33. The van der Waals surface area contributed by atoms with E-state index < -0.39 is 0 Å². The summed E-state index contributed by atoms with van der Waals surface area (Å²) in [5.74, 6) is -0.201. The summed E-state index contributed by atoms with van der Waals surface area (Å²) in [6.07, 6.45) is 4.51. The molecule has 1 N–H and O–H groups in total. The highest BCUT2D eigenvalue weighted by Gasteiger charge is 2.25. The van der Waals surface area contributed by atoms with Crippen molar-refractivity contribution in [2.45, 2.75) is 45.3 Å². The van der Waals surface area contributed by atoms with Crippen LogP contribution in [0.4, 0.5) is 0 Å². The number of nitrogens with one attached hydrogen (secondary N) is 1. The highest BCUT2D eigenvalue weighted by Crippen LogP contribution is 2.15. The van der Waals surface area contributed by atoms with E-state index in [1.807, 2.05) is 19.9 Å². The summed E-state index contributed by atoms with van der Waals surface area (Å²) in [4.78, 5) is 16.4. The van der Waals surface area contributed by atoms with Gasteiger partial charge in [0.1, 0.15) is 11.6 Å². The van der Waals surface area contributed by atoms with E-state index in [0.29, 0.717) is 13.2 Å². The Morgan fingerprint density at radius 3 is 2.70 bits per heavy atom. The van der Waals surface area contributed by atoms with Crippen molar-refractivity contribution >= 4 is 5.91 Å². The molecule has 0 radical (unpaired) electrons. The first-order valence-electron chi connectivity index (χ1n) is 8.36. The molecule has 0 atom stereocenters.